The minimum absolute atomic E-state index is 0.0937. The van der Waals surface area contributed by atoms with E-state index in [1.54, 1.807) is 17.2 Å². The molecule has 0 aliphatic carbocycles. The maximum atomic E-state index is 13.4. The topological polar surface area (TPSA) is 38.1 Å². The van der Waals surface area contributed by atoms with Crippen molar-refractivity contribution in [2.45, 2.75) is 25.8 Å². The van der Waals surface area contributed by atoms with E-state index < -0.39 is 0 Å². The molecule has 0 bridgehead atoms. The van der Waals surface area contributed by atoms with Gasteiger partial charge in [0.05, 0.1) is 6.04 Å². The number of rotatable bonds is 2. The Hall–Kier alpha value is -2.17. The Morgan fingerprint density at radius 1 is 1.43 bits per heavy atom. The summed E-state index contributed by atoms with van der Waals surface area (Å²) in [5, 5.41) is 4.26. The van der Waals surface area contributed by atoms with Crippen LogP contribution >= 0.6 is 0 Å². The highest BCUT2D eigenvalue weighted by atomic mass is 19.1. The molecule has 1 aromatic carbocycles. The predicted octanol–water partition coefficient (Wildman–Crippen LogP) is 2.81. The highest BCUT2D eigenvalue weighted by Gasteiger charge is 2.26. The van der Waals surface area contributed by atoms with Gasteiger partial charge in [0.25, 0.3) is 5.91 Å². The Bertz CT molecular complexity index is 639. The van der Waals surface area contributed by atoms with Gasteiger partial charge < -0.3 is 4.90 Å². The first-order chi connectivity index (χ1) is 10.1. The molecule has 5 heteroatoms. The number of hydrogen-bond acceptors (Lipinski definition) is 2. The first-order valence-corrected chi connectivity index (χ1v) is 7.19. The maximum Gasteiger partial charge on any atom is 0.254 e. The zero-order chi connectivity index (χ0) is 14.8. The number of halogens is 1. The molecular weight excluding hydrogens is 269 g/mol. The summed E-state index contributed by atoms with van der Waals surface area (Å²) in [6, 6.07) is 6.45. The van der Waals surface area contributed by atoms with Crippen molar-refractivity contribution in [1.29, 1.82) is 0 Å². The zero-order valence-electron chi connectivity index (χ0n) is 12.0. The van der Waals surface area contributed by atoms with Gasteiger partial charge in [0.2, 0.25) is 0 Å². The molecule has 0 spiro atoms. The van der Waals surface area contributed by atoms with Crippen molar-refractivity contribution in [2.75, 3.05) is 13.1 Å². The number of nitrogens with zero attached hydrogens (tertiary/aromatic N) is 3. The first kappa shape index (κ1) is 13.8. The summed E-state index contributed by atoms with van der Waals surface area (Å²) in [6.07, 6.45) is 5.61. The van der Waals surface area contributed by atoms with Crippen molar-refractivity contribution >= 4 is 5.91 Å². The fraction of sp³-hybridized carbons (Fsp3) is 0.375. The van der Waals surface area contributed by atoms with E-state index in [2.05, 4.69) is 5.10 Å². The number of aryl methyl sites for hydroxylation is 1. The molecule has 21 heavy (non-hydrogen) atoms. The Labute approximate surface area is 123 Å². The number of carbonyl (C=O) groups is 1. The summed E-state index contributed by atoms with van der Waals surface area (Å²) in [7, 11) is 0. The summed E-state index contributed by atoms with van der Waals surface area (Å²) in [5.74, 6) is -0.464. The van der Waals surface area contributed by atoms with Crippen LogP contribution in [0, 0.1) is 12.7 Å². The third kappa shape index (κ3) is 2.82. The Kier molecular flexibility index (Phi) is 3.73. The number of piperidine rings is 1. The Balaban J connectivity index is 1.79. The van der Waals surface area contributed by atoms with E-state index in [1.165, 1.54) is 12.1 Å². The number of carbonyl (C=O) groups excluding carboxylic acids is 1. The lowest BCUT2D eigenvalue weighted by atomic mass is 10.0. The average Bonchev–Trinajstić information content (AvgIpc) is 3.03. The van der Waals surface area contributed by atoms with Crippen LogP contribution in [0.1, 0.15) is 34.8 Å². The van der Waals surface area contributed by atoms with Gasteiger partial charge in [-0.05, 0) is 43.5 Å². The van der Waals surface area contributed by atoms with E-state index in [4.69, 9.17) is 0 Å². The largest absolute Gasteiger partial charge is 0.336 e. The second kappa shape index (κ2) is 5.68. The molecule has 1 aromatic heterocycles. The second-order valence-corrected chi connectivity index (χ2v) is 5.49. The van der Waals surface area contributed by atoms with Crippen LogP contribution in [0.25, 0.3) is 0 Å². The van der Waals surface area contributed by atoms with E-state index in [0.717, 1.165) is 18.4 Å². The lowest BCUT2D eigenvalue weighted by Crippen LogP contribution is -2.41. The normalized spacial score (nSPS) is 18.8. The third-order valence-electron chi connectivity index (χ3n) is 4.01. The standard InChI is InChI=1S/C16H18FN3O/c1-12-5-6-13(17)10-15(12)16(21)19-8-2-4-14(11-19)20-9-3-7-18-20/h3,5-7,9-10,14H,2,4,8,11H2,1H3. The van der Waals surface area contributed by atoms with Crippen LogP contribution in [0.5, 0.6) is 0 Å². The molecule has 0 N–H and O–H groups in total. The van der Waals surface area contributed by atoms with E-state index in [1.807, 2.05) is 23.9 Å². The van der Waals surface area contributed by atoms with E-state index in [0.29, 0.717) is 18.7 Å². The van der Waals surface area contributed by atoms with Gasteiger partial charge in [-0.2, -0.15) is 5.10 Å². The molecule has 1 saturated heterocycles. The molecule has 3 rings (SSSR count). The van der Waals surface area contributed by atoms with Gasteiger partial charge in [-0.15, -0.1) is 0 Å². The molecule has 1 fully saturated rings. The van der Waals surface area contributed by atoms with E-state index >= 15 is 0 Å². The van der Waals surface area contributed by atoms with Gasteiger partial charge in [0.15, 0.2) is 0 Å². The van der Waals surface area contributed by atoms with E-state index in [-0.39, 0.29) is 17.8 Å². The molecule has 0 radical (unpaired) electrons. The summed E-state index contributed by atoms with van der Waals surface area (Å²) < 4.78 is 15.3. The second-order valence-electron chi connectivity index (χ2n) is 5.49. The monoisotopic (exact) mass is 287 g/mol. The Morgan fingerprint density at radius 2 is 2.29 bits per heavy atom. The molecule has 1 atom stereocenters. The first-order valence-electron chi connectivity index (χ1n) is 7.19. The maximum absolute atomic E-state index is 13.4. The molecule has 1 aliphatic heterocycles. The fourth-order valence-corrected chi connectivity index (χ4v) is 2.85. The lowest BCUT2D eigenvalue weighted by Gasteiger charge is -2.33. The van der Waals surface area contributed by atoms with Crippen LogP contribution in [0.4, 0.5) is 4.39 Å². The number of hydrogen-bond donors (Lipinski definition) is 0. The molecule has 1 unspecified atom stereocenters. The molecule has 1 aliphatic rings. The minimum atomic E-state index is -0.371. The van der Waals surface area contributed by atoms with Crippen molar-refractivity contribution in [3.63, 3.8) is 0 Å². The number of aromatic nitrogens is 2. The SMILES string of the molecule is Cc1ccc(F)cc1C(=O)N1CCCC(n2cccn2)C1. The van der Waals surface area contributed by atoms with Crippen LogP contribution < -0.4 is 0 Å². The van der Waals surface area contributed by atoms with Crippen molar-refractivity contribution in [1.82, 2.24) is 14.7 Å². The minimum Gasteiger partial charge on any atom is -0.336 e. The number of amides is 1. The van der Waals surface area contributed by atoms with Crippen LogP contribution in [0.15, 0.2) is 36.7 Å². The van der Waals surface area contributed by atoms with Gasteiger partial charge >= 0.3 is 0 Å². The van der Waals surface area contributed by atoms with Gasteiger partial charge in [-0.1, -0.05) is 6.07 Å². The van der Waals surface area contributed by atoms with Crippen LogP contribution in [0.3, 0.4) is 0 Å². The van der Waals surface area contributed by atoms with Gasteiger partial charge in [0.1, 0.15) is 5.82 Å². The summed E-state index contributed by atoms with van der Waals surface area (Å²) in [5.41, 5.74) is 1.26. The quantitative estimate of drug-likeness (QED) is 0.852. The lowest BCUT2D eigenvalue weighted by molar-refractivity contribution is 0.0671. The van der Waals surface area contributed by atoms with Crippen LogP contribution in [0.2, 0.25) is 0 Å². The molecule has 1 amide bonds. The molecule has 4 nitrogen and oxygen atoms in total. The molecule has 2 heterocycles. The van der Waals surface area contributed by atoms with Gasteiger partial charge in [0, 0.05) is 31.0 Å². The van der Waals surface area contributed by atoms with Gasteiger partial charge in [-0.25, -0.2) is 4.39 Å². The molecule has 0 saturated carbocycles. The van der Waals surface area contributed by atoms with Crippen molar-refractivity contribution in [3.05, 3.63) is 53.6 Å². The van der Waals surface area contributed by atoms with Crippen molar-refractivity contribution < 1.29 is 9.18 Å². The molecular formula is C16H18FN3O. The average molecular weight is 287 g/mol. The predicted molar refractivity (Wildman–Crippen MR) is 77.5 cm³/mol. The summed E-state index contributed by atoms with van der Waals surface area (Å²) in [4.78, 5) is 14.4. The summed E-state index contributed by atoms with van der Waals surface area (Å²) in [6.45, 7) is 3.17. The third-order valence-corrected chi connectivity index (χ3v) is 4.01. The summed E-state index contributed by atoms with van der Waals surface area (Å²) >= 11 is 0. The van der Waals surface area contributed by atoms with Gasteiger partial charge in [-0.3, -0.25) is 9.48 Å². The fourth-order valence-electron chi connectivity index (χ4n) is 2.85. The van der Waals surface area contributed by atoms with Crippen molar-refractivity contribution in [3.8, 4) is 0 Å². The highest BCUT2D eigenvalue weighted by Crippen LogP contribution is 2.23. The highest BCUT2D eigenvalue weighted by molar-refractivity contribution is 5.95. The van der Waals surface area contributed by atoms with Crippen molar-refractivity contribution in [2.24, 2.45) is 0 Å². The van der Waals surface area contributed by atoms with E-state index in [9.17, 15) is 9.18 Å². The molecule has 2 aromatic rings. The number of benzene rings is 1. The zero-order valence-corrected chi connectivity index (χ0v) is 12.0. The van der Waals surface area contributed by atoms with Crippen LogP contribution in [-0.4, -0.2) is 33.7 Å². The smallest absolute Gasteiger partial charge is 0.254 e. The Morgan fingerprint density at radius 3 is 3.05 bits per heavy atom. The number of likely N-dealkylation sites (tertiary alicyclic amines) is 1. The van der Waals surface area contributed by atoms with Crippen LogP contribution in [-0.2, 0) is 0 Å². The molecule has 110 valence electrons.